The highest BCUT2D eigenvalue weighted by Crippen LogP contribution is 2.30. The molecule has 120 valence electrons. The van der Waals surface area contributed by atoms with Crippen molar-refractivity contribution in [2.45, 2.75) is 32.6 Å². The van der Waals surface area contributed by atoms with Gasteiger partial charge in [-0.2, -0.15) is 0 Å². The van der Waals surface area contributed by atoms with Gasteiger partial charge < -0.3 is 4.74 Å². The number of para-hydroxylation sites is 1. The molecule has 1 fully saturated rings. The highest BCUT2D eigenvalue weighted by atomic mass is 16.5. The lowest BCUT2D eigenvalue weighted by molar-refractivity contribution is 0.0509. The number of allylic oxidation sites excluding steroid dienone is 2. The van der Waals surface area contributed by atoms with Crippen LogP contribution in [0.5, 0.6) is 0 Å². The standard InChI is InChI=1S/C19H21NO3/c1-2-23-19(22)17-13-15-8-4-5-9-16(15)20(17)18(21)10-6-3-7-14-11-12-14/h3-5,7-9,13-14H,2,6,10-12H2,1H3/b7-3+. The van der Waals surface area contributed by atoms with Crippen molar-refractivity contribution in [2.24, 2.45) is 5.92 Å². The average Bonchev–Trinajstić information content (AvgIpc) is 3.29. The molecule has 2 aromatic rings. The molecule has 1 aromatic carbocycles. The summed E-state index contributed by atoms with van der Waals surface area (Å²) in [6.45, 7) is 2.05. The van der Waals surface area contributed by atoms with Gasteiger partial charge in [0.1, 0.15) is 5.69 Å². The van der Waals surface area contributed by atoms with Gasteiger partial charge in [0.05, 0.1) is 12.1 Å². The quantitative estimate of drug-likeness (QED) is 0.593. The second-order valence-corrected chi connectivity index (χ2v) is 5.84. The molecule has 1 saturated carbocycles. The van der Waals surface area contributed by atoms with Crippen molar-refractivity contribution in [2.75, 3.05) is 6.61 Å². The molecule has 0 amide bonds. The largest absolute Gasteiger partial charge is 0.461 e. The summed E-state index contributed by atoms with van der Waals surface area (Å²) in [5, 5.41) is 0.873. The van der Waals surface area contributed by atoms with Gasteiger partial charge in [-0.1, -0.05) is 30.4 Å². The molecular formula is C19H21NO3. The number of rotatable bonds is 6. The Hall–Kier alpha value is -2.36. The van der Waals surface area contributed by atoms with Gasteiger partial charge in [-0.15, -0.1) is 0 Å². The van der Waals surface area contributed by atoms with Crippen LogP contribution in [0.2, 0.25) is 0 Å². The first-order valence-electron chi connectivity index (χ1n) is 8.18. The number of nitrogens with zero attached hydrogens (tertiary/aromatic N) is 1. The fraction of sp³-hybridized carbons (Fsp3) is 0.368. The highest BCUT2D eigenvalue weighted by Gasteiger charge is 2.21. The van der Waals surface area contributed by atoms with E-state index in [2.05, 4.69) is 12.2 Å². The van der Waals surface area contributed by atoms with Crippen LogP contribution in [0.4, 0.5) is 0 Å². The molecule has 0 bridgehead atoms. The molecule has 1 aliphatic rings. The third kappa shape index (κ3) is 3.52. The first kappa shape index (κ1) is 15.5. The molecule has 0 N–H and O–H groups in total. The Morgan fingerprint density at radius 2 is 2.09 bits per heavy atom. The van der Waals surface area contributed by atoms with Crippen LogP contribution >= 0.6 is 0 Å². The number of carbonyl (C=O) groups excluding carboxylic acids is 2. The van der Waals surface area contributed by atoms with Gasteiger partial charge in [-0.05, 0) is 44.2 Å². The highest BCUT2D eigenvalue weighted by molar-refractivity contribution is 6.03. The number of benzene rings is 1. The van der Waals surface area contributed by atoms with Gasteiger partial charge >= 0.3 is 5.97 Å². The van der Waals surface area contributed by atoms with Crippen molar-refractivity contribution in [3.8, 4) is 0 Å². The lowest BCUT2D eigenvalue weighted by atomic mass is 10.2. The third-order valence-electron chi connectivity index (χ3n) is 4.00. The number of aromatic nitrogens is 1. The lowest BCUT2D eigenvalue weighted by Crippen LogP contribution is -2.18. The Balaban J connectivity index is 1.85. The maximum Gasteiger partial charge on any atom is 0.355 e. The summed E-state index contributed by atoms with van der Waals surface area (Å²) in [4.78, 5) is 24.8. The monoisotopic (exact) mass is 311 g/mol. The van der Waals surface area contributed by atoms with E-state index in [-0.39, 0.29) is 5.91 Å². The predicted octanol–water partition coefficient (Wildman–Crippen LogP) is 4.20. The van der Waals surface area contributed by atoms with E-state index in [9.17, 15) is 9.59 Å². The summed E-state index contributed by atoms with van der Waals surface area (Å²) in [5.41, 5.74) is 1.07. The van der Waals surface area contributed by atoms with Crippen molar-refractivity contribution in [3.63, 3.8) is 0 Å². The normalized spacial score (nSPS) is 14.5. The zero-order valence-corrected chi connectivity index (χ0v) is 13.3. The zero-order chi connectivity index (χ0) is 16.2. The third-order valence-corrected chi connectivity index (χ3v) is 4.00. The molecule has 0 aliphatic heterocycles. The van der Waals surface area contributed by atoms with E-state index in [0.717, 1.165) is 10.9 Å². The number of hydrogen-bond donors (Lipinski definition) is 0. The van der Waals surface area contributed by atoms with Gasteiger partial charge in [-0.3, -0.25) is 9.36 Å². The molecule has 0 radical (unpaired) electrons. The van der Waals surface area contributed by atoms with E-state index in [1.165, 1.54) is 17.4 Å². The van der Waals surface area contributed by atoms with Gasteiger partial charge in [0.2, 0.25) is 5.91 Å². The van der Waals surface area contributed by atoms with Crippen molar-refractivity contribution >= 4 is 22.8 Å². The fourth-order valence-corrected chi connectivity index (χ4v) is 2.67. The van der Waals surface area contributed by atoms with Crippen LogP contribution in [-0.4, -0.2) is 23.1 Å². The Morgan fingerprint density at radius 1 is 1.30 bits per heavy atom. The van der Waals surface area contributed by atoms with Crippen molar-refractivity contribution in [3.05, 3.63) is 48.2 Å². The zero-order valence-electron chi connectivity index (χ0n) is 13.3. The summed E-state index contributed by atoms with van der Waals surface area (Å²) in [7, 11) is 0. The number of fused-ring (bicyclic) bond motifs is 1. The summed E-state index contributed by atoms with van der Waals surface area (Å²) in [5.74, 6) is 0.188. The molecule has 1 aliphatic carbocycles. The van der Waals surface area contributed by atoms with Gasteiger partial charge in [0, 0.05) is 11.8 Å². The molecule has 0 atom stereocenters. The maximum absolute atomic E-state index is 12.6. The van der Waals surface area contributed by atoms with Gasteiger partial charge in [0.25, 0.3) is 0 Å². The summed E-state index contributed by atoms with van der Waals surface area (Å²) < 4.78 is 6.59. The lowest BCUT2D eigenvalue weighted by Gasteiger charge is -2.08. The topological polar surface area (TPSA) is 48.3 Å². The van der Waals surface area contributed by atoms with E-state index in [1.54, 1.807) is 13.0 Å². The first-order valence-corrected chi connectivity index (χ1v) is 8.18. The minimum Gasteiger partial charge on any atom is -0.461 e. The van der Waals surface area contributed by atoms with Crippen LogP contribution in [0.3, 0.4) is 0 Å². The second kappa shape index (κ2) is 6.82. The van der Waals surface area contributed by atoms with Gasteiger partial charge in [0.15, 0.2) is 0 Å². The average molecular weight is 311 g/mol. The maximum atomic E-state index is 12.6. The van der Waals surface area contributed by atoms with E-state index in [0.29, 0.717) is 31.1 Å². The van der Waals surface area contributed by atoms with Crippen molar-refractivity contribution in [1.82, 2.24) is 4.57 Å². The Kier molecular flexibility index (Phi) is 4.60. The molecule has 0 saturated heterocycles. The smallest absolute Gasteiger partial charge is 0.355 e. The molecule has 0 spiro atoms. The van der Waals surface area contributed by atoms with Crippen LogP contribution in [0.15, 0.2) is 42.5 Å². The SMILES string of the molecule is CCOC(=O)c1cc2ccccc2n1C(=O)CC/C=C/C1CC1. The van der Waals surface area contributed by atoms with Crippen LogP contribution in [0.25, 0.3) is 10.9 Å². The summed E-state index contributed by atoms with van der Waals surface area (Å²) in [6.07, 6.45) is 7.87. The summed E-state index contributed by atoms with van der Waals surface area (Å²) in [6, 6.07) is 9.24. The molecule has 3 rings (SSSR count). The molecular weight excluding hydrogens is 290 g/mol. The van der Waals surface area contributed by atoms with Crippen molar-refractivity contribution in [1.29, 1.82) is 0 Å². The number of carbonyl (C=O) groups is 2. The van der Waals surface area contributed by atoms with Crippen LogP contribution in [0, 0.1) is 5.92 Å². The number of hydrogen-bond acceptors (Lipinski definition) is 3. The van der Waals surface area contributed by atoms with Crippen LogP contribution in [-0.2, 0) is 4.74 Å². The molecule has 4 heteroatoms. The summed E-state index contributed by atoms with van der Waals surface area (Å²) >= 11 is 0. The van der Waals surface area contributed by atoms with E-state index in [4.69, 9.17) is 4.74 Å². The minimum atomic E-state index is -0.453. The first-order chi connectivity index (χ1) is 11.2. The Bertz CT molecular complexity index is 753. The van der Waals surface area contributed by atoms with E-state index in [1.807, 2.05) is 24.3 Å². The van der Waals surface area contributed by atoms with E-state index < -0.39 is 5.97 Å². The fourth-order valence-electron chi connectivity index (χ4n) is 2.67. The Morgan fingerprint density at radius 3 is 2.83 bits per heavy atom. The Labute approximate surface area is 135 Å². The van der Waals surface area contributed by atoms with Crippen LogP contribution < -0.4 is 0 Å². The predicted molar refractivity (Wildman–Crippen MR) is 89.6 cm³/mol. The van der Waals surface area contributed by atoms with Crippen molar-refractivity contribution < 1.29 is 14.3 Å². The minimum absolute atomic E-state index is 0.0744. The second-order valence-electron chi connectivity index (χ2n) is 5.84. The molecule has 0 unspecified atom stereocenters. The number of ether oxygens (including phenoxy) is 1. The molecule has 1 aromatic heterocycles. The molecule has 4 nitrogen and oxygen atoms in total. The van der Waals surface area contributed by atoms with E-state index >= 15 is 0 Å². The van der Waals surface area contributed by atoms with Crippen LogP contribution in [0.1, 0.15) is 47.9 Å². The molecule has 23 heavy (non-hydrogen) atoms. The number of esters is 1. The van der Waals surface area contributed by atoms with Gasteiger partial charge in [-0.25, -0.2) is 4.79 Å². The molecule has 1 heterocycles.